The highest BCUT2D eigenvalue weighted by Gasteiger charge is 2.28. The van der Waals surface area contributed by atoms with Crippen LogP contribution in [0.3, 0.4) is 0 Å². The monoisotopic (exact) mass is 268 g/mol. The molecule has 0 aliphatic heterocycles. The van der Waals surface area contributed by atoms with E-state index in [1.807, 2.05) is 0 Å². The van der Waals surface area contributed by atoms with E-state index in [1.54, 1.807) is 0 Å². The van der Waals surface area contributed by atoms with Crippen LogP contribution >= 0.6 is 0 Å². The molecule has 0 radical (unpaired) electrons. The first-order chi connectivity index (χ1) is 10.3. The van der Waals surface area contributed by atoms with Gasteiger partial charge in [0.05, 0.1) is 0 Å². The van der Waals surface area contributed by atoms with Crippen molar-refractivity contribution in [2.75, 3.05) is 0 Å². The third-order valence-electron chi connectivity index (χ3n) is 5.09. The molecule has 21 heavy (non-hydrogen) atoms. The number of hydrogen-bond acceptors (Lipinski definition) is 0. The summed E-state index contributed by atoms with van der Waals surface area (Å²) in [5, 5.41) is 0. The Hall–Kier alpha value is -2.34. The molecule has 0 unspecified atom stereocenters. The molecule has 0 spiro atoms. The predicted molar refractivity (Wildman–Crippen MR) is 87.7 cm³/mol. The summed E-state index contributed by atoms with van der Waals surface area (Å²) in [5.41, 5.74) is 13.3. The van der Waals surface area contributed by atoms with E-state index in [0.717, 1.165) is 12.8 Å². The van der Waals surface area contributed by atoms with Gasteiger partial charge < -0.3 is 0 Å². The summed E-state index contributed by atoms with van der Waals surface area (Å²) < 4.78 is 0. The fourth-order valence-corrected chi connectivity index (χ4v) is 4.08. The van der Waals surface area contributed by atoms with Gasteiger partial charge in [-0.05, 0) is 69.8 Å². The normalized spacial score (nSPS) is 13.6. The fraction of sp³-hybridized carbons (Fsp3) is 0.143. The lowest BCUT2D eigenvalue weighted by atomic mass is 9.93. The van der Waals surface area contributed by atoms with Gasteiger partial charge in [0, 0.05) is 0 Å². The molecule has 0 heterocycles. The van der Waals surface area contributed by atoms with Gasteiger partial charge in [0.1, 0.15) is 0 Å². The smallest absolute Gasteiger partial charge is 0.00106 e. The van der Waals surface area contributed by atoms with Crippen LogP contribution in [-0.4, -0.2) is 0 Å². The van der Waals surface area contributed by atoms with Crippen LogP contribution < -0.4 is 0 Å². The Labute approximate surface area is 125 Å². The second-order valence-corrected chi connectivity index (χ2v) is 6.25. The van der Waals surface area contributed by atoms with Crippen molar-refractivity contribution >= 4 is 0 Å². The van der Waals surface area contributed by atoms with Gasteiger partial charge >= 0.3 is 0 Å². The van der Waals surface area contributed by atoms with Gasteiger partial charge in [-0.2, -0.15) is 0 Å². The molecule has 0 saturated carbocycles. The third-order valence-corrected chi connectivity index (χ3v) is 5.09. The Morgan fingerprint density at radius 2 is 1.33 bits per heavy atom. The maximum Gasteiger partial charge on any atom is -0.00106 e. The highest BCUT2D eigenvalue weighted by Crippen LogP contribution is 2.49. The SMILES string of the molecule is Cc1cccc2c1Cc1ccc3c(c1-2)-c1ccccc1C3. The maximum absolute atomic E-state index is 2.35. The van der Waals surface area contributed by atoms with E-state index in [1.165, 1.54) is 50.1 Å². The standard InChI is InChI=1S/C21H16/c1-13-5-4-8-18-19(13)12-16-10-9-15-11-14-6-2-3-7-17(14)20(15)21(16)18/h2-10H,11-12H2,1H3. The summed E-state index contributed by atoms with van der Waals surface area (Å²) in [5.74, 6) is 0. The molecule has 3 aromatic carbocycles. The molecule has 5 rings (SSSR count). The molecule has 0 amide bonds. The van der Waals surface area contributed by atoms with Gasteiger partial charge in [0.25, 0.3) is 0 Å². The zero-order valence-electron chi connectivity index (χ0n) is 12.1. The van der Waals surface area contributed by atoms with E-state index in [4.69, 9.17) is 0 Å². The first kappa shape index (κ1) is 11.3. The zero-order chi connectivity index (χ0) is 14.0. The summed E-state index contributed by atoms with van der Waals surface area (Å²) in [7, 11) is 0. The van der Waals surface area contributed by atoms with Crippen LogP contribution in [0.2, 0.25) is 0 Å². The van der Waals surface area contributed by atoms with E-state index in [-0.39, 0.29) is 0 Å². The number of fused-ring (bicyclic) bond motifs is 7. The first-order valence-electron chi connectivity index (χ1n) is 7.65. The lowest BCUT2D eigenvalue weighted by Gasteiger charge is -2.10. The Kier molecular flexibility index (Phi) is 2.08. The first-order valence-corrected chi connectivity index (χ1v) is 7.65. The minimum absolute atomic E-state index is 1.08. The van der Waals surface area contributed by atoms with Crippen molar-refractivity contribution in [2.24, 2.45) is 0 Å². The van der Waals surface area contributed by atoms with Crippen LogP contribution in [0.25, 0.3) is 22.3 Å². The topological polar surface area (TPSA) is 0 Å². The Balaban J connectivity index is 1.89. The molecule has 0 bridgehead atoms. The highest BCUT2D eigenvalue weighted by molar-refractivity contribution is 5.95. The Morgan fingerprint density at radius 3 is 2.24 bits per heavy atom. The molecule has 0 heteroatoms. The van der Waals surface area contributed by atoms with Gasteiger partial charge in [-0.3, -0.25) is 0 Å². The molecule has 0 atom stereocenters. The van der Waals surface area contributed by atoms with Gasteiger partial charge in [0.15, 0.2) is 0 Å². The molecule has 0 N–H and O–H groups in total. The molecular formula is C21H16. The lowest BCUT2D eigenvalue weighted by Crippen LogP contribution is -1.87. The lowest BCUT2D eigenvalue weighted by molar-refractivity contribution is 1.21. The molecule has 0 fully saturated rings. The maximum atomic E-state index is 2.35. The average molecular weight is 268 g/mol. The van der Waals surface area contributed by atoms with Crippen molar-refractivity contribution in [3.63, 3.8) is 0 Å². The van der Waals surface area contributed by atoms with E-state index in [2.05, 4.69) is 61.5 Å². The minimum Gasteiger partial charge on any atom is -0.0619 e. The third kappa shape index (κ3) is 1.40. The van der Waals surface area contributed by atoms with E-state index in [9.17, 15) is 0 Å². The molecule has 100 valence electrons. The van der Waals surface area contributed by atoms with Crippen molar-refractivity contribution in [1.29, 1.82) is 0 Å². The summed E-state index contributed by atoms with van der Waals surface area (Å²) in [6, 6.07) is 20.3. The fourth-order valence-electron chi connectivity index (χ4n) is 4.08. The molecule has 0 saturated heterocycles. The summed E-state index contributed by atoms with van der Waals surface area (Å²) in [4.78, 5) is 0. The minimum atomic E-state index is 1.08. The van der Waals surface area contributed by atoms with Gasteiger partial charge in [0.2, 0.25) is 0 Å². The van der Waals surface area contributed by atoms with Gasteiger partial charge in [-0.15, -0.1) is 0 Å². The van der Waals surface area contributed by atoms with Gasteiger partial charge in [-0.1, -0.05) is 54.6 Å². The largest absolute Gasteiger partial charge is 0.0619 e. The number of hydrogen-bond donors (Lipinski definition) is 0. The molecule has 0 aromatic heterocycles. The second kappa shape index (κ2) is 3.85. The van der Waals surface area contributed by atoms with Crippen LogP contribution in [0.15, 0.2) is 54.6 Å². The van der Waals surface area contributed by atoms with Crippen molar-refractivity contribution in [3.8, 4) is 22.3 Å². The zero-order valence-corrected chi connectivity index (χ0v) is 12.1. The molecule has 2 aliphatic rings. The highest BCUT2D eigenvalue weighted by atomic mass is 14.3. The van der Waals surface area contributed by atoms with Gasteiger partial charge in [-0.25, -0.2) is 0 Å². The summed E-state index contributed by atoms with van der Waals surface area (Å²) in [6.07, 6.45) is 2.17. The van der Waals surface area contributed by atoms with Crippen LogP contribution in [0.4, 0.5) is 0 Å². The molecule has 3 aromatic rings. The second-order valence-electron chi connectivity index (χ2n) is 6.25. The van der Waals surface area contributed by atoms with Crippen LogP contribution in [0.1, 0.15) is 27.8 Å². The average Bonchev–Trinajstić information content (AvgIpc) is 3.05. The Bertz CT molecular complexity index is 900. The van der Waals surface area contributed by atoms with Crippen LogP contribution in [-0.2, 0) is 12.8 Å². The predicted octanol–water partition coefficient (Wildman–Crippen LogP) is 5.14. The van der Waals surface area contributed by atoms with Crippen LogP contribution in [0, 0.1) is 6.92 Å². The number of rotatable bonds is 0. The van der Waals surface area contributed by atoms with Crippen LogP contribution in [0.5, 0.6) is 0 Å². The van der Waals surface area contributed by atoms with Crippen molar-refractivity contribution in [2.45, 2.75) is 19.8 Å². The van der Waals surface area contributed by atoms with Crippen molar-refractivity contribution in [1.82, 2.24) is 0 Å². The van der Waals surface area contributed by atoms with Crippen molar-refractivity contribution < 1.29 is 0 Å². The quantitative estimate of drug-likeness (QED) is 0.365. The van der Waals surface area contributed by atoms with E-state index < -0.39 is 0 Å². The number of aryl methyl sites for hydroxylation is 1. The van der Waals surface area contributed by atoms with E-state index >= 15 is 0 Å². The Morgan fingerprint density at radius 1 is 0.619 bits per heavy atom. The summed E-state index contributed by atoms with van der Waals surface area (Å²) >= 11 is 0. The summed E-state index contributed by atoms with van der Waals surface area (Å²) in [6.45, 7) is 2.24. The molecular weight excluding hydrogens is 252 g/mol. The van der Waals surface area contributed by atoms with Crippen molar-refractivity contribution in [3.05, 3.63) is 82.4 Å². The molecule has 2 aliphatic carbocycles. The number of benzene rings is 3. The van der Waals surface area contributed by atoms with E-state index in [0.29, 0.717) is 0 Å². The molecule has 0 nitrogen and oxygen atoms in total.